The number of nitrogens with zero attached hydrogens (tertiary/aromatic N) is 1. The summed E-state index contributed by atoms with van der Waals surface area (Å²) in [5, 5.41) is 20.6. The zero-order chi connectivity index (χ0) is 15.0. The molecule has 0 spiro atoms. The standard InChI is InChI=1S/C15H24N2O3/c1-12(2)13-4-6-14(7-5-13)16-15(20)17(9-11-19)8-3-10-18/h4-7,12,18-19H,3,8-11H2,1-2H3,(H,16,20). The average molecular weight is 280 g/mol. The predicted octanol–water partition coefficient (Wildman–Crippen LogP) is 2.02. The summed E-state index contributed by atoms with van der Waals surface area (Å²) in [5.41, 5.74) is 1.95. The normalized spacial score (nSPS) is 10.7. The number of carbonyl (C=O) groups is 1. The van der Waals surface area contributed by atoms with Crippen molar-refractivity contribution in [1.82, 2.24) is 4.90 Å². The summed E-state index contributed by atoms with van der Waals surface area (Å²) < 4.78 is 0. The lowest BCUT2D eigenvalue weighted by Gasteiger charge is -2.22. The van der Waals surface area contributed by atoms with Crippen molar-refractivity contribution in [3.8, 4) is 0 Å². The van der Waals surface area contributed by atoms with Crippen LogP contribution in [0.5, 0.6) is 0 Å². The topological polar surface area (TPSA) is 72.8 Å². The maximum Gasteiger partial charge on any atom is 0.321 e. The van der Waals surface area contributed by atoms with E-state index in [0.29, 0.717) is 18.9 Å². The molecule has 0 fully saturated rings. The number of aliphatic hydroxyl groups excluding tert-OH is 2. The molecule has 0 bridgehead atoms. The summed E-state index contributed by atoms with van der Waals surface area (Å²) in [6, 6.07) is 7.46. The number of nitrogens with one attached hydrogen (secondary N) is 1. The molecule has 0 aromatic heterocycles. The molecule has 0 aliphatic carbocycles. The third-order valence-corrected chi connectivity index (χ3v) is 3.07. The van der Waals surface area contributed by atoms with Crippen LogP contribution in [0.3, 0.4) is 0 Å². The maximum atomic E-state index is 12.0. The Morgan fingerprint density at radius 1 is 1.15 bits per heavy atom. The van der Waals surface area contributed by atoms with E-state index >= 15 is 0 Å². The van der Waals surface area contributed by atoms with Crippen LogP contribution in [0.2, 0.25) is 0 Å². The number of hydrogen-bond acceptors (Lipinski definition) is 3. The van der Waals surface area contributed by atoms with Crippen LogP contribution >= 0.6 is 0 Å². The largest absolute Gasteiger partial charge is 0.396 e. The number of amides is 2. The molecular weight excluding hydrogens is 256 g/mol. The second kappa shape index (κ2) is 8.55. The van der Waals surface area contributed by atoms with Crippen molar-refractivity contribution in [3.63, 3.8) is 0 Å². The van der Waals surface area contributed by atoms with Crippen LogP contribution in [0, 0.1) is 0 Å². The van der Waals surface area contributed by atoms with Crippen molar-refractivity contribution in [3.05, 3.63) is 29.8 Å². The lowest BCUT2D eigenvalue weighted by atomic mass is 10.0. The molecule has 112 valence electrons. The van der Waals surface area contributed by atoms with Gasteiger partial charge in [0.05, 0.1) is 6.61 Å². The lowest BCUT2D eigenvalue weighted by molar-refractivity contribution is 0.180. The number of hydrogen-bond donors (Lipinski definition) is 3. The van der Waals surface area contributed by atoms with Gasteiger partial charge in [0.2, 0.25) is 0 Å². The quantitative estimate of drug-likeness (QED) is 0.715. The highest BCUT2D eigenvalue weighted by Gasteiger charge is 2.12. The van der Waals surface area contributed by atoms with E-state index < -0.39 is 0 Å². The van der Waals surface area contributed by atoms with Gasteiger partial charge in [0.15, 0.2) is 0 Å². The molecule has 0 radical (unpaired) electrons. The number of benzene rings is 1. The predicted molar refractivity (Wildman–Crippen MR) is 79.9 cm³/mol. The summed E-state index contributed by atoms with van der Waals surface area (Å²) in [6.07, 6.45) is 0.500. The average Bonchev–Trinajstić information content (AvgIpc) is 2.43. The van der Waals surface area contributed by atoms with Gasteiger partial charge in [-0.2, -0.15) is 0 Å². The molecule has 0 saturated heterocycles. The van der Waals surface area contributed by atoms with Gasteiger partial charge in [-0.3, -0.25) is 0 Å². The van der Waals surface area contributed by atoms with Crippen molar-refractivity contribution in [1.29, 1.82) is 0 Å². The van der Waals surface area contributed by atoms with Crippen molar-refractivity contribution < 1.29 is 15.0 Å². The van der Waals surface area contributed by atoms with Crippen molar-refractivity contribution in [2.24, 2.45) is 0 Å². The van der Waals surface area contributed by atoms with Gasteiger partial charge in [0, 0.05) is 25.4 Å². The highest BCUT2D eigenvalue weighted by atomic mass is 16.3. The molecule has 1 rings (SSSR count). The number of rotatable bonds is 7. The minimum Gasteiger partial charge on any atom is -0.396 e. The number of anilines is 1. The molecule has 20 heavy (non-hydrogen) atoms. The first-order valence-corrected chi connectivity index (χ1v) is 6.96. The third kappa shape index (κ3) is 5.19. The number of aliphatic hydroxyl groups is 2. The second-order valence-electron chi connectivity index (χ2n) is 4.99. The van der Waals surface area contributed by atoms with Gasteiger partial charge >= 0.3 is 6.03 Å². The van der Waals surface area contributed by atoms with Crippen LogP contribution in [0.15, 0.2) is 24.3 Å². The van der Waals surface area contributed by atoms with Crippen LogP contribution in [0.4, 0.5) is 10.5 Å². The first-order valence-electron chi connectivity index (χ1n) is 6.96. The molecule has 1 aromatic carbocycles. The molecule has 0 atom stereocenters. The van der Waals surface area contributed by atoms with E-state index in [-0.39, 0.29) is 25.8 Å². The molecule has 1 aromatic rings. The summed E-state index contributed by atoms with van der Waals surface area (Å²) in [6.45, 7) is 4.85. The SMILES string of the molecule is CC(C)c1ccc(NC(=O)N(CCO)CCCO)cc1. The van der Waals surface area contributed by atoms with Crippen LogP contribution in [0.25, 0.3) is 0 Å². The fourth-order valence-corrected chi connectivity index (χ4v) is 1.85. The molecular formula is C15H24N2O3. The van der Waals surface area contributed by atoms with Crippen LogP contribution in [-0.2, 0) is 0 Å². The van der Waals surface area contributed by atoms with Crippen LogP contribution in [-0.4, -0.2) is 47.4 Å². The first-order chi connectivity index (χ1) is 9.58. The Bertz CT molecular complexity index is 404. The molecule has 0 aliphatic rings. The molecule has 3 N–H and O–H groups in total. The first kappa shape index (κ1) is 16.5. The van der Waals surface area contributed by atoms with Crippen molar-refractivity contribution >= 4 is 11.7 Å². The Morgan fingerprint density at radius 3 is 2.30 bits per heavy atom. The summed E-state index contributed by atoms with van der Waals surface area (Å²) in [5.74, 6) is 0.454. The molecule has 0 aliphatic heterocycles. The molecule has 5 heteroatoms. The molecule has 0 unspecified atom stereocenters. The fraction of sp³-hybridized carbons (Fsp3) is 0.533. The smallest absolute Gasteiger partial charge is 0.321 e. The lowest BCUT2D eigenvalue weighted by Crippen LogP contribution is -2.38. The van der Waals surface area contributed by atoms with E-state index in [1.165, 1.54) is 10.5 Å². The van der Waals surface area contributed by atoms with Gasteiger partial charge in [0.1, 0.15) is 0 Å². The summed E-state index contributed by atoms with van der Waals surface area (Å²) in [4.78, 5) is 13.5. The second-order valence-corrected chi connectivity index (χ2v) is 4.99. The maximum absolute atomic E-state index is 12.0. The Morgan fingerprint density at radius 2 is 1.80 bits per heavy atom. The zero-order valence-corrected chi connectivity index (χ0v) is 12.2. The van der Waals surface area contributed by atoms with E-state index in [2.05, 4.69) is 19.2 Å². The van der Waals surface area contributed by atoms with Gasteiger partial charge in [-0.15, -0.1) is 0 Å². The highest BCUT2D eigenvalue weighted by Crippen LogP contribution is 2.17. The molecule has 2 amide bonds. The minimum absolute atomic E-state index is 0.0261. The van der Waals surface area contributed by atoms with Crippen LogP contribution < -0.4 is 5.32 Å². The van der Waals surface area contributed by atoms with E-state index in [9.17, 15) is 4.79 Å². The minimum atomic E-state index is -0.259. The molecule has 0 heterocycles. The summed E-state index contributed by atoms with van der Waals surface area (Å²) in [7, 11) is 0. The monoisotopic (exact) mass is 280 g/mol. The Kier molecular flexibility index (Phi) is 7.04. The molecule has 5 nitrogen and oxygen atoms in total. The van der Waals surface area contributed by atoms with E-state index in [0.717, 1.165) is 5.69 Å². The number of carbonyl (C=O) groups excluding carboxylic acids is 1. The highest BCUT2D eigenvalue weighted by molar-refractivity contribution is 5.89. The van der Waals surface area contributed by atoms with Gasteiger partial charge < -0.3 is 20.4 Å². The van der Waals surface area contributed by atoms with Gasteiger partial charge in [-0.25, -0.2) is 4.79 Å². The van der Waals surface area contributed by atoms with Gasteiger partial charge in [-0.05, 0) is 30.0 Å². The Balaban J connectivity index is 2.62. The van der Waals surface area contributed by atoms with Crippen molar-refractivity contribution in [2.45, 2.75) is 26.2 Å². The van der Waals surface area contributed by atoms with E-state index in [4.69, 9.17) is 10.2 Å². The van der Waals surface area contributed by atoms with Crippen molar-refractivity contribution in [2.75, 3.05) is 31.6 Å². The fourth-order valence-electron chi connectivity index (χ4n) is 1.85. The van der Waals surface area contributed by atoms with E-state index in [1.807, 2.05) is 24.3 Å². The Labute approximate surface area is 120 Å². The van der Waals surface area contributed by atoms with Crippen LogP contribution in [0.1, 0.15) is 31.7 Å². The Hall–Kier alpha value is -1.59. The third-order valence-electron chi connectivity index (χ3n) is 3.07. The zero-order valence-electron chi connectivity index (χ0n) is 12.2. The van der Waals surface area contributed by atoms with Gasteiger partial charge in [-0.1, -0.05) is 26.0 Å². The van der Waals surface area contributed by atoms with E-state index in [1.54, 1.807) is 0 Å². The number of urea groups is 1. The molecule has 0 saturated carbocycles. The summed E-state index contributed by atoms with van der Waals surface area (Å²) >= 11 is 0. The van der Waals surface area contributed by atoms with Gasteiger partial charge in [0.25, 0.3) is 0 Å².